The number of carbonyl (C=O) groups is 1. The number of hydrogen-bond acceptors (Lipinski definition) is 4. The van der Waals surface area contributed by atoms with Crippen LogP contribution in [0, 0.1) is 11.7 Å². The van der Waals surface area contributed by atoms with Crippen molar-refractivity contribution in [1.82, 2.24) is 4.72 Å². The number of halogens is 1. The van der Waals surface area contributed by atoms with E-state index in [2.05, 4.69) is 4.72 Å². The van der Waals surface area contributed by atoms with Gasteiger partial charge in [0.15, 0.2) is 11.6 Å². The van der Waals surface area contributed by atoms with Crippen LogP contribution in [0.4, 0.5) is 4.39 Å². The summed E-state index contributed by atoms with van der Waals surface area (Å²) in [4.78, 5) is 10.3. The van der Waals surface area contributed by atoms with Gasteiger partial charge in [-0.2, -0.15) is 0 Å². The Morgan fingerprint density at radius 2 is 2.17 bits per heavy atom. The molecule has 0 unspecified atom stereocenters. The van der Waals surface area contributed by atoms with Gasteiger partial charge in [0.05, 0.1) is 11.5 Å². The standard InChI is InChI=1S/C16H22FNO4S/c1-12(4-2-3-9-19)18-23(20,21)14-7-8-15(17)16(10-14)22-11-13-5-6-13/h7-10,12-13,18H,2-6,11H2,1H3/t12-/m0/s1. The maximum absolute atomic E-state index is 13.7. The molecule has 7 heteroatoms. The van der Waals surface area contributed by atoms with Gasteiger partial charge >= 0.3 is 0 Å². The lowest BCUT2D eigenvalue weighted by atomic mass is 10.2. The lowest BCUT2D eigenvalue weighted by Crippen LogP contribution is -2.32. The van der Waals surface area contributed by atoms with Gasteiger partial charge in [-0.3, -0.25) is 0 Å². The number of aldehydes is 1. The van der Waals surface area contributed by atoms with Crippen molar-refractivity contribution in [2.75, 3.05) is 6.61 Å². The van der Waals surface area contributed by atoms with E-state index < -0.39 is 15.8 Å². The van der Waals surface area contributed by atoms with Crippen LogP contribution in [-0.2, 0) is 14.8 Å². The summed E-state index contributed by atoms with van der Waals surface area (Å²) in [6.07, 6.45) is 4.53. The highest BCUT2D eigenvalue weighted by Gasteiger charge is 2.24. The molecular formula is C16H22FNO4S. The van der Waals surface area contributed by atoms with Crippen molar-refractivity contribution >= 4 is 16.3 Å². The largest absolute Gasteiger partial charge is 0.490 e. The number of sulfonamides is 1. The highest BCUT2D eigenvalue weighted by molar-refractivity contribution is 7.89. The van der Waals surface area contributed by atoms with Gasteiger partial charge in [0.25, 0.3) is 0 Å². The molecule has 1 aromatic rings. The second-order valence-electron chi connectivity index (χ2n) is 5.97. The van der Waals surface area contributed by atoms with E-state index in [1.54, 1.807) is 6.92 Å². The summed E-state index contributed by atoms with van der Waals surface area (Å²) in [6.45, 7) is 2.15. The SMILES string of the molecule is C[C@@H](CCCC=O)NS(=O)(=O)c1ccc(F)c(OCC2CC2)c1. The number of unbranched alkanes of at least 4 members (excludes halogenated alkanes) is 1. The third kappa shape index (κ3) is 5.58. The molecule has 128 valence electrons. The van der Waals surface area contributed by atoms with Crippen LogP contribution in [0.25, 0.3) is 0 Å². The van der Waals surface area contributed by atoms with Gasteiger partial charge in [0.2, 0.25) is 10.0 Å². The molecule has 0 radical (unpaired) electrons. The molecule has 0 amide bonds. The fraction of sp³-hybridized carbons (Fsp3) is 0.562. The Morgan fingerprint density at radius 1 is 1.43 bits per heavy atom. The zero-order valence-corrected chi connectivity index (χ0v) is 13.9. The second-order valence-corrected chi connectivity index (χ2v) is 7.68. The molecule has 5 nitrogen and oxygen atoms in total. The summed E-state index contributed by atoms with van der Waals surface area (Å²) in [5, 5.41) is 0. The van der Waals surface area contributed by atoms with Gasteiger partial charge < -0.3 is 9.53 Å². The topological polar surface area (TPSA) is 72.5 Å². The van der Waals surface area contributed by atoms with Gasteiger partial charge in [-0.1, -0.05) is 0 Å². The van der Waals surface area contributed by atoms with Crippen LogP contribution in [-0.4, -0.2) is 27.4 Å². The second kappa shape index (κ2) is 7.88. The predicted molar refractivity (Wildman–Crippen MR) is 84.3 cm³/mol. The molecule has 23 heavy (non-hydrogen) atoms. The first kappa shape index (κ1) is 17.9. The van der Waals surface area contributed by atoms with Gasteiger partial charge in [-0.25, -0.2) is 17.5 Å². The third-order valence-corrected chi connectivity index (χ3v) is 5.29. The molecule has 0 aromatic heterocycles. The van der Waals surface area contributed by atoms with E-state index in [-0.39, 0.29) is 16.7 Å². The van der Waals surface area contributed by atoms with Gasteiger partial charge in [-0.15, -0.1) is 0 Å². The van der Waals surface area contributed by atoms with Crippen molar-refractivity contribution in [1.29, 1.82) is 0 Å². The Labute approximate surface area is 136 Å². The maximum atomic E-state index is 13.7. The van der Waals surface area contributed by atoms with Gasteiger partial charge in [0.1, 0.15) is 6.29 Å². The lowest BCUT2D eigenvalue weighted by Gasteiger charge is -2.14. The van der Waals surface area contributed by atoms with Crippen LogP contribution < -0.4 is 9.46 Å². The van der Waals surface area contributed by atoms with E-state index in [1.165, 1.54) is 12.1 Å². The molecular weight excluding hydrogens is 321 g/mol. The molecule has 0 bridgehead atoms. The summed E-state index contributed by atoms with van der Waals surface area (Å²) < 4.78 is 46.3. The van der Waals surface area contributed by atoms with Crippen LogP contribution in [0.3, 0.4) is 0 Å². The number of ether oxygens (including phenoxy) is 1. The van der Waals surface area contributed by atoms with E-state index in [1.807, 2.05) is 0 Å². The monoisotopic (exact) mass is 343 g/mol. The Kier molecular flexibility index (Phi) is 6.12. The highest BCUT2D eigenvalue weighted by Crippen LogP contribution is 2.30. The number of rotatable bonds is 10. The minimum atomic E-state index is -3.74. The molecule has 0 heterocycles. The van der Waals surface area contributed by atoms with Gasteiger partial charge in [-0.05, 0) is 50.7 Å². The number of hydrogen-bond donors (Lipinski definition) is 1. The average molecular weight is 343 g/mol. The number of nitrogens with one attached hydrogen (secondary N) is 1. The van der Waals surface area contributed by atoms with Crippen molar-refractivity contribution in [3.63, 3.8) is 0 Å². The Morgan fingerprint density at radius 3 is 2.83 bits per heavy atom. The summed E-state index contributed by atoms with van der Waals surface area (Å²) >= 11 is 0. The summed E-state index contributed by atoms with van der Waals surface area (Å²) in [5.74, 6) is -0.150. The smallest absolute Gasteiger partial charge is 0.240 e. The fourth-order valence-corrected chi connectivity index (χ4v) is 3.45. The van der Waals surface area contributed by atoms with E-state index in [9.17, 15) is 17.6 Å². The van der Waals surface area contributed by atoms with Crippen molar-refractivity contribution in [2.24, 2.45) is 5.92 Å². The molecule has 0 aliphatic heterocycles. The molecule has 1 atom stereocenters. The molecule has 1 fully saturated rings. The van der Waals surface area contributed by atoms with Crippen LogP contribution in [0.2, 0.25) is 0 Å². The Balaban J connectivity index is 2.02. The van der Waals surface area contributed by atoms with Crippen LogP contribution in [0.15, 0.2) is 23.1 Å². The Bertz CT molecular complexity index is 643. The van der Waals surface area contributed by atoms with E-state index >= 15 is 0 Å². The van der Waals surface area contributed by atoms with Crippen molar-refractivity contribution in [3.05, 3.63) is 24.0 Å². The zero-order chi connectivity index (χ0) is 16.9. The van der Waals surface area contributed by atoms with Crippen molar-refractivity contribution in [2.45, 2.75) is 50.0 Å². The molecule has 1 aliphatic carbocycles. The van der Waals surface area contributed by atoms with E-state index in [0.29, 0.717) is 31.8 Å². The summed E-state index contributed by atoms with van der Waals surface area (Å²) in [7, 11) is -3.74. The van der Waals surface area contributed by atoms with Crippen LogP contribution >= 0.6 is 0 Å². The number of carbonyl (C=O) groups excluding carboxylic acids is 1. The average Bonchev–Trinajstić information content (AvgIpc) is 3.30. The normalized spacial score (nSPS) is 16.1. The van der Waals surface area contributed by atoms with Crippen LogP contribution in [0.1, 0.15) is 39.0 Å². The minimum absolute atomic E-state index is 0.0214. The summed E-state index contributed by atoms with van der Waals surface area (Å²) in [6, 6.07) is 3.24. The molecule has 1 aromatic carbocycles. The van der Waals surface area contributed by atoms with Gasteiger partial charge in [0, 0.05) is 18.5 Å². The minimum Gasteiger partial charge on any atom is -0.490 e. The first-order valence-corrected chi connectivity index (χ1v) is 9.29. The summed E-state index contributed by atoms with van der Waals surface area (Å²) in [5.41, 5.74) is 0. The lowest BCUT2D eigenvalue weighted by molar-refractivity contribution is -0.107. The first-order valence-electron chi connectivity index (χ1n) is 7.80. The molecule has 0 spiro atoms. The van der Waals surface area contributed by atoms with Crippen molar-refractivity contribution in [3.8, 4) is 5.75 Å². The third-order valence-electron chi connectivity index (χ3n) is 3.70. The molecule has 1 aliphatic rings. The zero-order valence-electron chi connectivity index (χ0n) is 13.1. The first-order chi connectivity index (χ1) is 10.9. The molecule has 2 rings (SSSR count). The van der Waals surface area contributed by atoms with Crippen molar-refractivity contribution < 1.29 is 22.3 Å². The van der Waals surface area contributed by atoms with Crippen LogP contribution in [0.5, 0.6) is 5.75 Å². The van der Waals surface area contributed by atoms with E-state index in [4.69, 9.17) is 4.74 Å². The van der Waals surface area contributed by atoms with E-state index in [0.717, 1.165) is 25.2 Å². The molecule has 0 saturated heterocycles. The molecule has 1 saturated carbocycles. The quantitative estimate of drug-likeness (QED) is 0.524. The predicted octanol–water partition coefficient (Wildman–Crippen LogP) is 2.65. The maximum Gasteiger partial charge on any atom is 0.240 e. The Hall–Kier alpha value is -1.47. The fourth-order valence-electron chi connectivity index (χ4n) is 2.15. The highest BCUT2D eigenvalue weighted by atomic mass is 32.2. The molecule has 1 N–H and O–H groups in total. The number of benzene rings is 1.